The minimum Gasteiger partial charge on any atom is -0.280 e. The number of benzene rings is 1. The third kappa shape index (κ3) is 3.14. The molecule has 2 unspecified atom stereocenters. The molecule has 0 saturated heterocycles. The lowest BCUT2D eigenvalue weighted by Gasteiger charge is -2.07. The van der Waals surface area contributed by atoms with Gasteiger partial charge in [-0.05, 0) is 48.2 Å². The Kier molecular flexibility index (Phi) is 3.89. The van der Waals surface area contributed by atoms with Crippen LogP contribution in [0.15, 0.2) is 30.3 Å². The van der Waals surface area contributed by atoms with E-state index in [0.29, 0.717) is 12.2 Å². The molecule has 2 atom stereocenters. The maximum absolute atomic E-state index is 13.6. The minimum absolute atomic E-state index is 0.228. The van der Waals surface area contributed by atoms with Crippen molar-refractivity contribution in [2.24, 2.45) is 5.92 Å². The zero-order valence-electron chi connectivity index (χ0n) is 11.2. The van der Waals surface area contributed by atoms with Crippen LogP contribution in [0.4, 0.5) is 14.6 Å². The van der Waals surface area contributed by atoms with Crippen LogP contribution in [-0.4, -0.2) is 16.1 Å². The second-order valence-electron chi connectivity index (χ2n) is 4.97. The first-order valence-electron chi connectivity index (χ1n) is 6.54. The molecule has 1 aromatic carbocycles. The number of carbonyl (C=O) groups excluding carboxylic acids is 1. The van der Waals surface area contributed by atoms with Crippen molar-refractivity contribution in [3.8, 4) is 0 Å². The predicted molar refractivity (Wildman–Crippen MR) is 76.0 cm³/mol. The van der Waals surface area contributed by atoms with Gasteiger partial charge < -0.3 is 0 Å². The molecule has 3 rings (SSSR count). The number of hydrogen-bond acceptors (Lipinski definition) is 4. The third-order valence-electron chi connectivity index (χ3n) is 3.43. The normalized spacial score (nSPS) is 19.6. The van der Waals surface area contributed by atoms with E-state index in [1.165, 1.54) is 6.07 Å². The molecule has 22 heavy (non-hydrogen) atoms. The summed E-state index contributed by atoms with van der Waals surface area (Å²) in [6.45, 7) is 0. The van der Waals surface area contributed by atoms with E-state index < -0.39 is 17.6 Å². The van der Waals surface area contributed by atoms with Crippen molar-refractivity contribution in [2.75, 3.05) is 5.43 Å². The second-order valence-corrected chi connectivity index (χ2v) is 5.36. The lowest BCUT2D eigenvalue weighted by molar-refractivity contribution is -0.121. The Bertz CT molecular complexity index is 710. The first kappa shape index (κ1) is 14.6. The van der Waals surface area contributed by atoms with Gasteiger partial charge in [-0.25, -0.2) is 8.78 Å². The summed E-state index contributed by atoms with van der Waals surface area (Å²) in [6.07, 6.45) is 0.472. The summed E-state index contributed by atoms with van der Waals surface area (Å²) in [4.78, 5) is 12.0. The number of nitrogens with one attached hydrogen (secondary N) is 2. The molecule has 1 aromatic heterocycles. The maximum atomic E-state index is 13.6. The van der Waals surface area contributed by atoms with E-state index in [0.717, 1.165) is 18.2 Å². The molecule has 1 fully saturated rings. The van der Waals surface area contributed by atoms with Gasteiger partial charge in [0, 0.05) is 5.92 Å². The van der Waals surface area contributed by atoms with Crippen molar-refractivity contribution >= 4 is 23.3 Å². The molecule has 1 amide bonds. The van der Waals surface area contributed by atoms with Crippen LogP contribution in [0.5, 0.6) is 0 Å². The van der Waals surface area contributed by atoms with E-state index in [9.17, 15) is 13.6 Å². The van der Waals surface area contributed by atoms with Crippen molar-refractivity contribution in [3.63, 3.8) is 0 Å². The molecule has 2 aromatic rings. The van der Waals surface area contributed by atoms with Gasteiger partial charge in [-0.3, -0.25) is 15.6 Å². The largest absolute Gasteiger partial charge is 0.280 e. The zero-order chi connectivity index (χ0) is 15.7. The molecule has 1 saturated carbocycles. The fourth-order valence-corrected chi connectivity index (χ4v) is 2.33. The molecule has 0 aliphatic heterocycles. The van der Waals surface area contributed by atoms with Crippen molar-refractivity contribution in [1.29, 1.82) is 0 Å². The van der Waals surface area contributed by atoms with Crippen LogP contribution >= 0.6 is 11.6 Å². The van der Waals surface area contributed by atoms with Gasteiger partial charge in [0.05, 0.1) is 0 Å². The fraction of sp³-hybridized carbons (Fsp3) is 0.214. The third-order valence-corrected chi connectivity index (χ3v) is 3.63. The number of hydrazine groups is 1. The second kappa shape index (κ2) is 5.84. The molecule has 1 aliphatic rings. The molecule has 114 valence electrons. The number of carbonyl (C=O) groups is 1. The first-order chi connectivity index (χ1) is 10.5. The van der Waals surface area contributed by atoms with Gasteiger partial charge in [0.25, 0.3) is 0 Å². The highest BCUT2D eigenvalue weighted by Crippen LogP contribution is 2.48. The summed E-state index contributed by atoms with van der Waals surface area (Å²) < 4.78 is 26.8. The Morgan fingerprint density at radius 1 is 1.23 bits per heavy atom. The molecule has 0 spiro atoms. The Hall–Kier alpha value is -2.28. The fourth-order valence-electron chi connectivity index (χ4n) is 2.23. The molecule has 1 heterocycles. The van der Waals surface area contributed by atoms with Crippen LogP contribution in [0, 0.1) is 17.6 Å². The Balaban J connectivity index is 1.58. The summed E-state index contributed by atoms with van der Waals surface area (Å²) in [5, 5.41) is 7.56. The van der Waals surface area contributed by atoms with Crippen molar-refractivity contribution in [1.82, 2.24) is 15.6 Å². The minimum atomic E-state index is -0.517. The van der Waals surface area contributed by atoms with E-state index in [1.54, 1.807) is 6.07 Å². The molecule has 1 aliphatic carbocycles. The Labute approximate surface area is 129 Å². The van der Waals surface area contributed by atoms with Gasteiger partial charge in [-0.15, -0.1) is 10.2 Å². The van der Waals surface area contributed by atoms with Crippen LogP contribution in [0.1, 0.15) is 17.9 Å². The monoisotopic (exact) mass is 324 g/mol. The average molecular weight is 325 g/mol. The SMILES string of the molecule is O=C(NNc1ccc(Cl)nn1)C1CC1c1cc(F)ccc1F. The number of aromatic nitrogens is 2. The molecular weight excluding hydrogens is 314 g/mol. The van der Waals surface area contributed by atoms with Crippen LogP contribution < -0.4 is 10.9 Å². The number of amides is 1. The van der Waals surface area contributed by atoms with Gasteiger partial charge in [-0.1, -0.05) is 11.6 Å². The Morgan fingerprint density at radius 3 is 2.77 bits per heavy atom. The number of anilines is 1. The number of rotatable bonds is 4. The molecule has 0 bridgehead atoms. The molecule has 2 N–H and O–H groups in total. The highest BCUT2D eigenvalue weighted by molar-refractivity contribution is 6.29. The lowest BCUT2D eigenvalue weighted by Crippen LogP contribution is -2.31. The van der Waals surface area contributed by atoms with Crippen molar-refractivity contribution in [2.45, 2.75) is 12.3 Å². The van der Waals surface area contributed by atoms with Crippen LogP contribution in [0.2, 0.25) is 5.15 Å². The summed E-state index contributed by atoms with van der Waals surface area (Å²) in [6, 6.07) is 6.32. The average Bonchev–Trinajstić information content (AvgIpc) is 3.29. The van der Waals surface area contributed by atoms with E-state index in [4.69, 9.17) is 11.6 Å². The summed E-state index contributed by atoms with van der Waals surface area (Å²) in [5.41, 5.74) is 5.28. The van der Waals surface area contributed by atoms with E-state index in [1.807, 2.05) is 0 Å². The topological polar surface area (TPSA) is 66.9 Å². The first-order valence-corrected chi connectivity index (χ1v) is 6.92. The lowest BCUT2D eigenvalue weighted by atomic mass is 10.1. The van der Waals surface area contributed by atoms with Gasteiger partial charge in [0.1, 0.15) is 11.6 Å². The molecule has 0 radical (unpaired) electrons. The quantitative estimate of drug-likeness (QED) is 0.849. The van der Waals surface area contributed by atoms with E-state index in [2.05, 4.69) is 21.0 Å². The summed E-state index contributed by atoms with van der Waals surface area (Å²) >= 11 is 5.59. The van der Waals surface area contributed by atoms with Crippen molar-refractivity contribution in [3.05, 3.63) is 52.7 Å². The van der Waals surface area contributed by atoms with Crippen LogP contribution in [-0.2, 0) is 4.79 Å². The molecule has 8 heteroatoms. The van der Waals surface area contributed by atoms with Crippen molar-refractivity contribution < 1.29 is 13.6 Å². The number of halogens is 3. The molecule has 5 nitrogen and oxygen atoms in total. The summed E-state index contributed by atoms with van der Waals surface area (Å²) in [5.74, 6) is -1.72. The molecular formula is C14H11ClF2N4O. The Morgan fingerprint density at radius 2 is 2.05 bits per heavy atom. The van der Waals surface area contributed by atoms with Gasteiger partial charge in [0.15, 0.2) is 11.0 Å². The van der Waals surface area contributed by atoms with E-state index >= 15 is 0 Å². The van der Waals surface area contributed by atoms with Gasteiger partial charge in [-0.2, -0.15) is 0 Å². The smallest absolute Gasteiger partial charge is 0.242 e. The van der Waals surface area contributed by atoms with E-state index in [-0.39, 0.29) is 22.5 Å². The maximum Gasteiger partial charge on any atom is 0.242 e. The predicted octanol–water partition coefficient (Wildman–Crippen LogP) is 2.66. The van der Waals surface area contributed by atoms with Gasteiger partial charge >= 0.3 is 0 Å². The van der Waals surface area contributed by atoms with Crippen LogP contribution in [0.3, 0.4) is 0 Å². The van der Waals surface area contributed by atoms with Gasteiger partial charge in [0.2, 0.25) is 5.91 Å². The highest BCUT2D eigenvalue weighted by Gasteiger charge is 2.45. The number of hydrogen-bond donors (Lipinski definition) is 2. The zero-order valence-corrected chi connectivity index (χ0v) is 11.9. The number of nitrogens with zero attached hydrogens (tertiary/aromatic N) is 2. The highest BCUT2D eigenvalue weighted by atomic mass is 35.5. The summed E-state index contributed by atoms with van der Waals surface area (Å²) in [7, 11) is 0. The van der Waals surface area contributed by atoms with Crippen LogP contribution in [0.25, 0.3) is 0 Å². The standard InChI is InChI=1S/C14H11ClF2N4O/c15-12-3-4-13(19-18-12)20-21-14(22)10-6-8(10)9-5-7(16)1-2-11(9)17/h1-5,8,10H,6H2,(H,19,20)(H,21,22).